The Labute approximate surface area is 105 Å². The number of nitrogens with one attached hydrogen (secondary N) is 1. The molecule has 0 amide bonds. The molecule has 0 aliphatic heterocycles. The molecule has 4 heteroatoms. The Kier molecular flexibility index (Phi) is 3.91. The van der Waals surface area contributed by atoms with Gasteiger partial charge in [0.1, 0.15) is 6.04 Å². The second-order valence-corrected chi connectivity index (χ2v) is 4.04. The third-order valence-corrected chi connectivity index (χ3v) is 2.75. The van der Waals surface area contributed by atoms with Gasteiger partial charge in [0.15, 0.2) is 5.03 Å². The Morgan fingerprint density at radius 2 is 1.56 bits per heavy atom. The zero-order valence-electron chi connectivity index (χ0n) is 9.82. The fourth-order valence-corrected chi connectivity index (χ4v) is 1.90. The van der Waals surface area contributed by atoms with Gasteiger partial charge in [-0.2, -0.15) is 0 Å². The maximum Gasteiger partial charge on any atom is 0.158 e. The van der Waals surface area contributed by atoms with Crippen LogP contribution < -0.4 is 5.43 Å². The van der Waals surface area contributed by atoms with E-state index in [-0.39, 0.29) is 6.04 Å². The molecule has 0 fully saturated rings. The molecule has 2 aromatic rings. The molecular weight excluding hydrogens is 228 g/mol. The first-order valence-corrected chi connectivity index (χ1v) is 5.75. The van der Waals surface area contributed by atoms with E-state index in [1.807, 2.05) is 60.7 Å². The van der Waals surface area contributed by atoms with Crippen LogP contribution in [0.1, 0.15) is 17.2 Å². The van der Waals surface area contributed by atoms with E-state index in [1.54, 1.807) is 0 Å². The zero-order valence-corrected chi connectivity index (χ0v) is 9.82. The first kappa shape index (κ1) is 12.1. The minimum absolute atomic E-state index is 0.316. The van der Waals surface area contributed by atoms with Crippen LogP contribution >= 0.6 is 0 Å². The van der Waals surface area contributed by atoms with Crippen molar-refractivity contribution in [1.82, 2.24) is 5.43 Å². The second kappa shape index (κ2) is 5.82. The summed E-state index contributed by atoms with van der Waals surface area (Å²) in [5.41, 5.74) is 4.35. The van der Waals surface area contributed by atoms with Crippen molar-refractivity contribution in [3.63, 3.8) is 0 Å². The van der Waals surface area contributed by atoms with Gasteiger partial charge in [-0.1, -0.05) is 60.7 Å². The van der Waals surface area contributed by atoms with Crippen LogP contribution in [-0.2, 0) is 6.42 Å². The van der Waals surface area contributed by atoms with Crippen LogP contribution in [0.15, 0.2) is 60.7 Å². The summed E-state index contributed by atoms with van der Waals surface area (Å²) in [4.78, 5) is 10.7. The molecule has 0 heterocycles. The van der Waals surface area contributed by atoms with Crippen LogP contribution in [0, 0.1) is 10.1 Å². The van der Waals surface area contributed by atoms with Crippen molar-refractivity contribution >= 4 is 0 Å². The van der Waals surface area contributed by atoms with Crippen LogP contribution in [0.25, 0.3) is 0 Å². The first-order valence-electron chi connectivity index (χ1n) is 5.75. The molecule has 1 N–H and O–H groups in total. The van der Waals surface area contributed by atoms with Gasteiger partial charge in [0, 0.05) is 6.42 Å². The lowest BCUT2D eigenvalue weighted by Crippen LogP contribution is -2.28. The monoisotopic (exact) mass is 242 g/mol. The molecule has 18 heavy (non-hydrogen) atoms. The highest BCUT2D eigenvalue weighted by Crippen LogP contribution is 2.18. The largest absolute Gasteiger partial charge is 0.235 e. The summed E-state index contributed by atoms with van der Waals surface area (Å²) in [7, 11) is 0. The molecule has 0 spiro atoms. The number of hydrogen-bond donors (Lipinski definition) is 1. The van der Waals surface area contributed by atoms with E-state index in [9.17, 15) is 10.1 Å². The Hall–Kier alpha value is -2.36. The highest BCUT2D eigenvalue weighted by Gasteiger charge is 2.16. The Morgan fingerprint density at radius 1 is 1.00 bits per heavy atom. The normalized spacial score (nSPS) is 11.8. The summed E-state index contributed by atoms with van der Waals surface area (Å²) < 4.78 is 0. The Bertz CT molecular complexity index is 500. The predicted octanol–water partition coefficient (Wildman–Crippen LogP) is 2.75. The smallest absolute Gasteiger partial charge is 0.158 e. The van der Waals surface area contributed by atoms with Gasteiger partial charge in [-0.05, 0) is 11.1 Å². The molecule has 0 saturated carbocycles. The topological polar surface area (TPSA) is 55.2 Å². The summed E-state index contributed by atoms with van der Waals surface area (Å²) in [6.45, 7) is 0. The average Bonchev–Trinajstić information content (AvgIpc) is 2.40. The number of hydrazine groups is 1. The SMILES string of the molecule is O=[N+]([O-])NC(Cc1ccccc1)c1ccccc1. The van der Waals surface area contributed by atoms with Crippen LogP contribution in [0.4, 0.5) is 0 Å². The summed E-state index contributed by atoms with van der Waals surface area (Å²) in [6, 6.07) is 18.9. The van der Waals surface area contributed by atoms with Crippen molar-refractivity contribution in [3.05, 3.63) is 81.9 Å². The standard InChI is InChI=1S/C14H14N2O2/c17-16(18)15-14(13-9-5-2-6-10-13)11-12-7-3-1-4-8-12/h1-10,14-15H,11H2. The predicted molar refractivity (Wildman–Crippen MR) is 69.5 cm³/mol. The third kappa shape index (κ3) is 3.31. The fourth-order valence-electron chi connectivity index (χ4n) is 1.90. The van der Waals surface area contributed by atoms with E-state index in [0.717, 1.165) is 11.1 Å². The van der Waals surface area contributed by atoms with E-state index in [2.05, 4.69) is 5.43 Å². The lowest BCUT2D eigenvalue weighted by Gasteiger charge is -2.14. The number of hydrogen-bond acceptors (Lipinski definition) is 2. The third-order valence-electron chi connectivity index (χ3n) is 2.75. The molecule has 0 saturated heterocycles. The van der Waals surface area contributed by atoms with Crippen LogP contribution in [0.2, 0.25) is 0 Å². The maximum atomic E-state index is 10.7. The molecule has 2 aromatic carbocycles. The zero-order chi connectivity index (χ0) is 12.8. The highest BCUT2D eigenvalue weighted by atomic mass is 16.7. The summed E-state index contributed by atoms with van der Waals surface area (Å²) >= 11 is 0. The van der Waals surface area contributed by atoms with E-state index >= 15 is 0 Å². The average molecular weight is 242 g/mol. The molecule has 2 rings (SSSR count). The van der Waals surface area contributed by atoms with E-state index in [4.69, 9.17) is 0 Å². The van der Waals surface area contributed by atoms with Crippen molar-refractivity contribution in [3.8, 4) is 0 Å². The van der Waals surface area contributed by atoms with E-state index < -0.39 is 5.03 Å². The van der Waals surface area contributed by atoms with E-state index in [0.29, 0.717) is 6.42 Å². The molecule has 0 aliphatic carbocycles. The van der Waals surface area contributed by atoms with Crippen LogP contribution in [0.5, 0.6) is 0 Å². The van der Waals surface area contributed by atoms with Crippen molar-refractivity contribution in [2.75, 3.05) is 0 Å². The van der Waals surface area contributed by atoms with Gasteiger partial charge in [-0.3, -0.25) is 0 Å². The number of nitro groups is 1. The lowest BCUT2D eigenvalue weighted by molar-refractivity contribution is -0.552. The molecule has 1 unspecified atom stereocenters. The van der Waals surface area contributed by atoms with E-state index in [1.165, 1.54) is 0 Å². The molecule has 0 aliphatic rings. The van der Waals surface area contributed by atoms with Gasteiger partial charge in [0.25, 0.3) is 0 Å². The molecular formula is C14H14N2O2. The van der Waals surface area contributed by atoms with Gasteiger partial charge in [-0.25, -0.2) is 10.1 Å². The lowest BCUT2D eigenvalue weighted by atomic mass is 10.00. The second-order valence-electron chi connectivity index (χ2n) is 4.04. The van der Waals surface area contributed by atoms with Gasteiger partial charge in [0.2, 0.25) is 0 Å². The Balaban J connectivity index is 2.18. The van der Waals surface area contributed by atoms with Crippen molar-refractivity contribution in [2.24, 2.45) is 0 Å². The maximum absolute atomic E-state index is 10.7. The van der Waals surface area contributed by atoms with Gasteiger partial charge >= 0.3 is 0 Å². The van der Waals surface area contributed by atoms with Gasteiger partial charge < -0.3 is 0 Å². The summed E-state index contributed by atoms with van der Waals surface area (Å²) in [5.74, 6) is 0. The molecule has 0 aromatic heterocycles. The van der Waals surface area contributed by atoms with Crippen LogP contribution in [0.3, 0.4) is 0 Å². The summed E-state index contributed by atoms with van der Waals surface area (Å²) in [5, 5.41) is 10.2. The fraction of sp³-hybridized carbons (Fsp3) is 0.143. The van der Waals surface area contributed by atoms with Gasteiger partial charge in [-0.15, -0.1) is 5.43 Å². The van der Waals surface area contributed by atoms with Crippen molar-refractivity contribution in [1.29, 1.82) is 0 Å². The number of rotatable bonds is 5. The summed E-state index contributed by atoms with van der Waals surface area (Å²) in [6.07, 6.45) is 0.589. The molecule has 0 radical (unpaired) electrons. The first-order chi connectivity index (χ1) is 8.75. The minimum Gasteiger partial charge on any atom is -0.235 e. The molecule has 0 bridgehead atoms. The number of nitrogens with zero attached hydrogens (tertiary/aromatic N) is 1. The van der Waals surface area contributed by atoms with Crippen molar-refractivity contribution < 1.29 is 5.03 Å². The quantitative estimate of drug-likeness (QED) is 0.648. The molecule has 92 valence electrons. The highest BCUT2D eigenvalue weighted by molar-refractivity contribution is 5.23. The van der Waals surface area contributed by atoms with Crippen LogP contribution in [-0.4, -0.2) is 5.03 Å². The molecule has 1 atom stereocenters. The minimum atomic E-state index is -0.486. The Morgan fingerprint density at radius 3 is 2.11 bits per heavy atom. The van der Waals surface area contributed by atoms with Gasteiger partial charge in [0.05, 0.1) is 0 Å². The molecule has 4 nitrogen and oxygen atoms in total. The number of benzene rings is 2. The van der Waals surface area contributed by atoms with Crippen molar-refractivity contribution in [2.45, 2.75) is 12.5 Å².